The minimum absolute atomic E-state index is 0. The van der Waals surface area contributed by atoms with E-state index in [2.05, 4.69) is 195 Å². The monoisotopic (exact) mass is 918 g/mol. The molecule has 0 bridgehead atoms. The average molecular weight is 922 g/mol. The summed E-state index contributed by atoms with van der Waals surface area (Å²) in [6.45, 7) is 18.7. The standard InChI is InChI=1S/C35H37.C13H8Cl2.C5H5.2ClH.Zr/c1-22-13-9-11-15-26(22)30-18-24-17-25-19-31(27-16-12-10-14-23(27)2)33(35(6,7)8)21-29(25)28(24)20-32(30)34(3,4)5;14-12-5-1-10(2-6-12)9-11-3-7-13(15)8-4-11;1-2-4-5-3-1;;;/h9-21H,1-8H3;1-8H;1-3H,4H2;2*1H;. The van der Waals surface area contributed by atoms with Crippen molar-refractivity contribution in [3.63, 3.8) is 0 Å². The van der Waals surface area contributed by atoms with Crippen LogP contribution < -0.4 is 0 Å². The first kappa shape index (κ1) is 44.3. The van der Waals surface area contributed by atoms with E-state index >= 15 is 0 Å². The third-order valence-electron chi connectivity index (χ3n) is 11.7. The van der Waals surface area contributed by atoms with Crippen molar-refractivity contribution in [2.24, 2.45) is 0 Å². The van der Waals surface area contributed by atoms with Gasteiger partial charge in [0.05, 0.1) is 0 Å². The van der Waals surface area contributed by atoms with Crippen LogP contribution in [0.15, 0.2) is 143 Å². The predicted octanol–water partition coefficient (Wildman–Crippen LogP) is 16.2. The second-order valence-corrected chi connectivity index (χ2v) is 24.8. The molecule has 0 saturated carbocycles. The molecule has 0 N–H and O–H groups in total. The van der Waals surface area contributed by atoms with E-state index in [1.54, 1.807) is 3.28 Å². The van der Waals surface area contributed by atoms with E-state index < -0.39 is 21.3 Å². The van der Waals surface area contributed by atoms with Crippen LogP contribution in [0.1, 0.15) is 96.1 Å². The van der Waals surface area contributed by atoms with Crippen molar-refractivity contribution in [3.8, 4) is 33.4 Å². The molecule has 0 saturated heterocycles. The van der Waals surface area contributed by atoms with Gasteiger partial charge in [-0.2, -0.15) is 0 Å². The minimum Gasteiger partial charge on any atom is -0.147 e. The van der Waals surface area contributed by atoms with Gasteiger partial charge in [-0.05, 0) is 0 Å². The van der Waals surface area contributed by atoms with E-state index in [4.69, 9.17) is 23.2 Å². The van der Waals surface area contributed by atoms with Crippen LogP contribution in [0.5, 0.6) is 0 Å². The molecule has 296 valence electrons. The van der Waals surface area contributed by atoms with Crippen LogP contribution in [0.3, 0.4) is 0 Å². The van der Waals surface area contributed by atoms with Gasteiger partial charge in [0, 0.05) is 0 Å². The summed E-state index contributed by atoms with van der Waals surface area (Å²) in [7, 11) is 0. The summed E-state index contributed by atoms with van der Waals surface area (Å²) < 4.78 is 3.31. The van der Waals surface area contributed by atoms with E-state index in [1.165, 1.54) is 81.1 Å². The van der Waals surface area contributed by atoms with E-state index in [1.807, 2.05) is 0 Å². The first-order valence-electron chi connectivity index (χ1n) is 19.8. The summed E-state index contributed by atoms with van der Waals surface area (Å²) in [5.41, 5.74) is 18.8. The van der Waals surface area contributed by atoms with Gasteiger partial charge < -0.3 is 0 Å². The van der Waals surface area contributed by atoms with Gasteiger partial charge in [-0.25, -0.2) is 0 Å². The Balaban J connectivity index is 0.00000283. The summed E-state index contributed by atoms with van der Waals surface area (Å²) >= 11 is 10.1. The number of allylic oxidation sites excluding steroid dienone is 4. The number of hydrogen-bond donors (Lipinski definition) is 0. The molecule has 8 rings (SSSR count). The van der Waals surface area contributed by atoms with Gasteiger partial charge >= 0.3 is 355 Å². The Morgan fingerprint density at radius 3 is 1.31 bits per heavy atom. The molecule has 0 atom stereocenters. The molecule has 0 unspecified atom stereocenters. The van der Waals surface area contributed by atoms with Crippen molar-refractivity contribution >= 4 is 51.2 Å². The second kappa shape index (κ2) is 17.4. The maximum absolute atomic E-state index is 6.60. The Kier molecular flexibility index (Phi) is 13.3. The first-order chi connectivity index (χ1) is 26.7. The molecule has 0 heterocycles. The van der Waals surface area contributed by atoms with E-state index in [0.29, 0.717) is 0 Å². The molecule has 0 radical (unpaired) electrons. The third kappa shape index (κ3) is 8.38. The summed E-state index contributed by atoms with van der Waals surface area (Å²) in [6, 6.07) is 45.5. The molecular formula is C53H52Cl4Zr. The Labute approximate surface area is 376 Å². The maximum Gasteiger partial charge on any atom is -0.147 e. The fourth-order valence-electron chi connectivity index (χ4n) is 8.94. The van der Waals surface area contributed by atoms with E-state index in [9.17, 15) is 0 Å². The molecule has 0 fully saturated rings. The minimum atomic E-state index is -3.05. The molecular weight excluding hydrogens is 870 g/mol. The fourth-order valence-corrected chi connectivity index (χ4v) is 18.2. The fraction of sp³-hybridized carbons (Fsp3) is 0.226. The van der Waals surface area contributed by atoms with Gasteiger partial charge in [0.15, 0.2) is 0 Å². The number of halogens is 4. The zero-order valence-electron chi connectivity index (χ0n) is 34.6. The van der Waals surface area contributed by atoms with Crippen LogP contribution in [-0.2, 0) is 32.1 Å². The summed E-state index contributed by atoms with van der Waals surface area (Å²) in [5, 5.41) is 1.51. The summed E-state index contributed by atoms with van der Waals surface area (Å²) in [4.78, 5) is 0. The van der Waals surface area contributed by atoms with Crippen molar-refractivity contribution < 1.29 is 21.3 Å². The van der Waals surface area contributed by atoms with Crippen molar-refractivity contribution in [2.75, 3.05) is 0 Å². The van der Waals surface area contributed by atoms with Crippen molar-refractivity contribution in [3.05, 3.63) is 197 Å². The molecule has 58 heavy (non-hydrogen) atoms. The third-order valence-corrected chi connectivity index (χ3v) is 20.5. The normalized spacial score (nSPS) is 13.3. The van der Waals surface area contributed by atoms with Gasteiger partial charge in [-0.15, -0.1) is 24.8 Å². The number of hydrogen-bond acceptors (Lipinski definition) is 0. The van der Waals surface area contributed by atoms with Gasteiger partial charge in [0.1, 0.15) is 0 Å². The van der Waals surface area contributed by atoms with Crippen LogP contribution in [0.4, 0.5) is 0 Å². The van der Waals surface area contributed by atoms with Crippen molar-refractivity contribution in [1.29, 1.82) is 0 Å². The van der Waals surface area contributed by atoms with Gasteiger partial charge in [-0.1, -0.05) is 0 Å². The first-order valence-corrected chi connectivity index (χ1v) is 24.5. The molecule has 2 aliphatic rings. The molecule has 0 aromatic heterocycles. The Hall–Kier alpha value is -3.29. The molecule has 0 spiro atoms. The maximum atomic E-state index is 6.60. The second-order valence-electron chi connectivity index (χ2n) is 17.7. The zero-order valence-corrected chi connectivity index (χ0v) is 40.2. The number of aryl methyl sites for hydroxylation is 2. The van der Waals surface area contributed by atoms with Crippen molar-refractivity contribution in [1.82, 2.24) is 0 Å². The molecule has 0 aliphatic heterocycles. The van der Waals surface area contributed by atoms with Crippen LogP contribution in [0.2, 0.25) is 10.0 Å². The molecule has 0 nitrogen and oxygen atoms in total. The number of benzene rings is 6. The van der Waals surface area contributed by atoms with Gasteiger partial charge in [0.25, 0.3) is 0 Å². The van der Waals surface area contributed by atoms with Crippen LogP contribution in [0.25, 0.3) is 33.4 Å². The topological polar surface area (TPSA) is 0 Å². The summed E-state index contributed by atoms with van der Waals surface area (Å²) in [6.07, 6.45) is 8.08. The average Bonchev–Trinajstić information content (AvgIpc) is 3.80. The van der Waals surface area contributed by atoms with Crippen molar-refractivity contribution in [2.45, 2.75) is 76.3 Å². The molecule has 6 aromatic rings. The zero-order chi connectivity index (χ0) is 39.5. The summed E-state index contributed by atoms with van der Waals surface area (Å²) in [5.74, 6) is 0. The predicted molar refractivity (Wildman–Crippen MR) is 254 cm³/mol. The van der Waals surface area contributed by atoms with Crippen LogP contribution >= 0.6 is 48.0 Å². The van der Waals surface area contributed by atoms with Crippen LogP contribution in [-0.4, -0.2) is 3.21 Å². The Bertz CT molecular complexity index is 2430. The van der Waals surface area contributed by atoms with Crippen LogP contribution in [0, 0.1) is 13.8 Å². The number of fused-ring (bicyclic) bond motifs is 3. The van der Waals surface area contributed by atoms with E-state index in [0.717, 1.165) is 16.5 Å². The quantitative estimate of drug-likeness (QED) is 0.156. The largest absolute Gasteiger partial charge is 0.147 e. The molecule has 0 amide bonds. The van der Waals surface area contributed by atoms with E-state index in [-0.39, 0.29) is 39.3 Å². The SMILES string of the molecule is Cc1ccccc1-c1cc2c(cc1C(C)(C)C)-c1cc(C(C)(C)C)c(-c3ccccc3C)cc1[CH]2[Zr]([C]1=CC=CC1)=[C](c1ccc(Cl)cc1)c1ccc(Cl)cc1.Cl.Cl. The molecule has 5 heteroatoms. The number of rotatable bonds is 6. The smallest absolute Gasteiger partial charge is 0.147 e. The molecule has 2 aliphatic carbocycles. The molecule has 6 aromatic carbocycles. The van der Waals surface area contributed by atoms with Gasteiger partial charge in [0.2, 0.25) is 0 Å². The Morgan fingerprint density at radius 1 is 0.534 bits per heavy atom. The Morgan fingerprint density at radius 2 is 0.948 bits per heavy atom. The van der Waals surface area contributed by atoms with Gasteiger partial charge in [-0.3, -0.25) is 0 Å².